The van der Waals surface area contributed by atoms with E-state index >= 15 is 0 Å². The molecule has 4 aromatic rings. The van der Waals surface area contributed by atoms with Gasteiger partial charge in [0.15, 0.2) is 16.3 Å². The van der Waals surface area contributed by atoms with E-state index in [1.54, 1.807) is 6.92 Å². The molecule has 6 rings (SSSR count). The fourth-order valence-corrected chi connectivity index (χ4v) is 6.17. The number of aromatic nitrogens is 1. The zero-order chi connectivity index (χ0) is 30.2. The fourth-order valence-electron chi connectivity index (χ4n) is 5.18. The van der Waals surface area contributed by atoms with Gasteiger partial charge in [-0.3, -0.25) is 19.5 Å². The predicted octanol–water partition coefficient (Wildman–Crippen LogP) is 4.70. The second kappa shape index (κ2) is 11.3. The van der Waals surface area contributed by atoms with E-state index in [9.17, 15) is 19.7 Å². The molecule has 3 heterocycles. The average molecular weight is 598 g/mol. The van der Waals surface area contributed by atoms with Crippen LogP contribution in [-0.2, 0) is 9.53 Å². The van der Waals surface area contributed by atoms with E-state index in [2.05, 4.69) is 13.8 Å². The van der Waals surface area contributed by atoms with Crippen LogP contribution in [0.5, 0.6) is 11.5 Å². The number of carbonyl (C=O) groups is 1. The van der Waals surface area contributed by atoms with Crippen LogP contribution >= 0.6 is 11.3 Å². The average Bonchev–Trinajstić information content (AvgIpc) is 3.59. The molecular formula is C32H27N3O7S. The second-order valence-electron chi connectivity index (χ2n) is 10.3. The molecule has 11 heteroatoms. The molecule has 0 saturated carbocycles. The first kappa shape index (κ1) is 28.1. The number of hydrogen-bond donors (Lipinski definition) is 0. The maximum absolute atomic E-state index is 14.1. The Morgan fingerprint density at radius 1 is 1.14 bits per heavy atom. The number of nitrogens with zero attached hydrogens (tertiary/aromatic N) is 3. The summed E-state index contributed by atoms with van der Waals surface area (Å²) in [4.78, 5) is 44.3. The Morgan fingerprint density at radius 3 is 2.49 bits per heavy atom. The molecule has 1 atom stereocenters. The number of rotatable bonds is 7. The Kier molecular flexibility index (Phi) is 7.41. The minimum Gasteiger partial charge on any atom is -0.463 e. The molecular weight excluding hydrogens is 570 g/mol. The van der Waals surface area contributed by atoms with Gasteiger partial charge in [-0.25, -0.2) is 9.79 Å². The summed E-state index contributed by atoms with van der Waals surface area (Å²) in [6.07, 6.45) is 1.46. The second-order valence-corrected chi connectivity index (χ2v) is 11.3. The molecule has 10 nitrogen and oxygen atoms in total. The number of benzene rings is 3. The van der Waals surface area contributed by atoms with E-state index < -0.39 is 22.5 Å². The Labute approximate surface area is 250 Å². The quantitative estimate of drug-likeness (QED) is 0.172. The summed E-state index contributed by atoms with van der Waals surface area (Å²) in [5.74, 6) is 0.322. The van der Waals surface area contributed by atoms with E-state index in [0.717, 1.165) is 16.9 Å². The first-order valence-corrected chi connectivity index (χ1v) is 14.5. The van der Waals surface area contributed by atoms with Gasteiger partial charge in [-0.15, -0.1) is 0 Å². The van der Waals surface area contributed by atoms with Crippen molar-refractivity contribution in [2.75, 3.05) is 13.4 Å². The van der Waals surface area contributed by atoms with Crippen molar-refractivity contribution in [2.24, 2.45) is 4.99 Å². The minimum absolute atomic E-state index is 0.0490. The highest BCUT2D eigenvalue weighted by atomic mass is 32.1. The van der Waals surface area contributed by atoms with Crippen molar-refractivity contribution in [1.82, 2.24) is 4.57 Å². The van der Waals surface area contributed by atoms with Crippen LogP contribution in [0.25, 0.3) is 11.8 Å². The number of fused-ring (bicyclic) bond motifs is 2. The van der Waals surface area contributed by atoms with Crippen LogP contribution in [0.15, 0.2) is 82.1 Å². The van der Waals surface area contributed by atoms with E-state index in [1.165, 1.54) is 22.8 Å². The maximum Gasteiger partial charge on any atom is 0.338 e. The third kappa shape index (κ3) is 5.12. The Bertz CT molecular complexity index is 1960. The molecule has 0 spiro atoms. The molecule has 0 amide bonds. The molecule has 0 aliphatic carbocycles. The predicted molar refractivity (Wildman–Crippen MR) is 161 cm³/mol. The van der Waals surface area contributed by atoms with Gasteiger partial charge < -0.3 is 14.2 Å². The van der Waals surface area contributed by atoms with Gasteiger partial charge in [0.05, 0.1) is 45.0 Å². The lowest BCUT2D eigenvalue weighted by Crippen LogP contribution is -2.40. The lowest BCUT2D eigenvalue weighted by Gasteiger charge is -2.26. The molecule has 0 radical (unpaired) electrons. The zero-order valence-corrected chi connectivity index (χ0v) is 24.4. The molecule has 0 N–H and O–H groups in total. The fraction of sp³-hybridized carbons (Fsp3) is 0.219. The van der Waals surface area contributed by atoms with Crippen LogP contribution < -0.4 is 24.4 Å². The van der Waals surface area contributed by atoms with Crippen LogP contribution in [0.2, 0.25) is 0 Å². The summed E-state index contributed by atoms with van der Waals surface area (Å²) in [5.41, 5.74) is 2.66. The normalized spacial score (nSPS) is 15.8. The summed E-state index contributed by atoms with van der Waals surface area (Å²) in [6.45, 7) is 5.99. The minimum atomic E-state index is -0.847. The topological polar surface area (TPSA) is 122 Å². The maximum atomic E-state index is 14.1. The number of carbonyl (C=O) groups excluding carboxylic acids is 1. The van der Waals surface area contributed by atoms with Crippen molar-refractivity contribution in [2.45, 2.75) is 32.7 Å². The number of nitro benzene ring substituents is 1. The Morgan fingerprint density at radius 2 is 1.84 bits per heavy atom. The van der Waals surface area contributed by atoms with Crippen LogP contribution in [0, 0.1) is 10.1 Å². The van der Waals surface area contributed by atoms with Gasteiger partial charge >= 0.3 is 5.97 Å². The monoisotopic (exact) mass is 597 g/mol. The summed E-state index contributed by atoms with van der Waals surface area (Å²) in [6, 6.07) is 19.0. The third-order valence-corrected chi connectivity index (χ3v) is 8.28. The first-order chi connectivity index (χ1) is 20.8. The molecule has 0 fully saturated rings. The van der Waals surface area contributed by atoms with Crippen LogP contribution in [0.1, 0.15) is 55.0 Å². The highest BCUT2D eigenvalue weighted by Crippen LogP contribution is 2.39. The van der Waals surface area contributed by atoms with Gasteiger partial charge in [0, 0.05) is 5.56 Å². The Hall–Kier alpha value is -5.03. The lowest BCUT2D eigenvalue weighted by molar-refractivity contribution is -0.385. The van der Waals surface area contributed by atoms with Gasteiger partial charge in [-0.2, -0.15) is 0 Å². The van der Waals surface area contributed by atoms with Crippen molar-refractivity contribution >= 4 is 34.8 Å². The number of hydrogen-bond acceptors (Lipinski definition) is 9. The summed E-state index contributed by atoms with van der Waals surface area (Å²) in [7, 11) is 0. The largest absolute Gasteiger partial charge is 0.463 e. The van der Waals surface area contributed by atoms with Gasteiger partial charge in [-0.1, -0.05) is 79.8 Å². The van der Waals surface area contributed by atoms with Crippen molar-refractivity contribution in [1.29, 1.82) is 0 Å². The van der Waals surface area contributed by atoms with E-state index in [4.69, 9.17) is 19.2 Å². The summed E-state index contributed by atoms with van der Waals surface area (Å²) < 4.78 is 17.9. The first-order valence-electron chi connectivity index (χ1n) is 13.7. The Balaban J connectivity index is 1.63. The van der Waals surface area contributed by atoms with E-state index in [0.29, 0.717) is 27.4 Å². The number of esters is 1. The van der Waals surface area contributed by atoms with E-state index in [-0.39, 0.29) is 46.4 Å². The number of thiazole rings is 1. The molecule has 218 valence electrons. The molecule has 0 bridgehead atoms. The van der Waals surface area contributed by atoms with Crippen LogP contribution in [0.4, 0.5) is 5.69 Å². The molecule has 43 heavy (non-hydrogen) atoms. The number of nitro groups is 1. The molecule has 3 aromatic carbocycles. The highest BCUT2D eigenvalue weighted by molar-refractivity contribution is 7.07. The van der Waals surface area contributed by atoms with Crippen LogP contribution in [0.3, 0.4) is 0 Å². The van der Waals surface area contributed by atoms with Gasteiger partial charge in [0.2, 0.25) is 6.79 Å². The van der Waals surface area contributed by atoms with Crippen molar-refractivity contribution in [3.05, 3.63) is 124 Å². The van der Waals surface area contributed by atoms with E-state index in [1.807, 2.05) is 54.6 Å². The summed E-state index contributed by atoms with van der Waals surface area (Å²) in [5, 5.41) is 11.9. The third-order valence-electron chi connectivity index (χ3n) is 7.30. The molecule has 2 aliphatic heterocycles. The van der Waals surface area contributed by atoms with Gasteiger partial charge in [0.1, 0.15) is 0 Å². The molecule has 1 aromatic heterocycles. The molecule has 0 saturated heterocycles. The lowest BCUT2D eigenvalue weighted by atomic mass is 9.91. The number of ether oxygens (including phenoxy) is 3. The SMILES string of the molecule is CCOC(=O)C1=C(c2ccccc2)N=c2s/c(=C\c3cc4c(cc3[N+](=O)[O-])OCO4)c(=O)n2[C@@H]1c1ccc(C(C)C)cc1. The summed E-state index contributed by atoms with van der Waals surface area (Å²) >= 11 is 1.09. The molecule has 2 aliphatic rings. The zero-order valence-electron chi connectivity index (χ0n) is 23.6. The van der Waals surface area contributed by atoms with Crippen molar-refractivity contribution in [3.8, 4) is 11.5 Å². The molecule has 0 unspecified atom stereocenters. The smallest absolute Gasteiger partial charge is 0.338 e. The van der Waals surface area contributed by atoms with Crippen LogP contribution in [-0.4, -0.2) is 28.9 Å². The van der Waals surface area contributed by atoms with Crippen molar-refractivity contribution < 1.29 is 23.9 Å². The highest BCUT2D eigenvalue weighted by Gasteiger charge is 2.35. The van der Waals surface area contributed by atoms with Gasteiger partial charge in [-0.05, 0) is 36.1 Å². The standard InChI is InChI=1S/C32H27N3O7S/c1-4-40-31(37)27-28(20-8-6-5-7-9-20)33-32-34(29(27)21-12-10-19(11-13-21)18(2)3)30(36)26(43-32)15-22-14-24-25(42-17-41-24)16-23(22)35(38)39/h5-16,18,29H,4,17H2,1-3H3/b26-15-/t29-/m1/s1. The van der Waals surface area contributed by atoms with Crippen molar-refractivity contribution in [3.63, 3.8) is 0 Å². The van der Waals surface area contributed by atoms with Gasteiger partial charge in [0.25, 0.3) is 11.2 Å².